The molecule has 98 heavy (non-hydrogen) atoms. The molecule has 0 amide bonds. The fourth-order valence-electron chi connectivity index (χ4n) is 8.76. The van der Waals surface area contributed by atoms with Gasteiger partial charge in [-0.05, 0) is 57.2 Å². The van der Waals surface area contributed by atoms with Crippen LogP contribution in [0.2, 0.25) is 0 Å². The average Bonchev–Trinajstić information content (AvgIpc) is 1.65. The Morgan fingerprint density at radius 2 is 0.765 bits per heavy atom. The highest BCUT2D eigenvalue weighted by Crippen LogP contribution is 2.33. The highest BCUT2D eigenvalue weighted by molar-refractivity contribution is 5.66. The Bertz CT molecular complexity index is 4640. The Hall–Kier alpha value is -11.4. The first-order valence-corrected chi connectivity index (χ1v) is 28.8. The van der Waals surface area contributed by atoms with Crippen LogP contribution in [0.25, 0.3) is 68.7 Å². The van der Waals surface area contributed by atoms with Crippen molar-refractivity contribution in [1.82, 2.24) is 74.7 Å². The maximum atomic E-state index is 14.2. The van der Waals surface area contributed by atoms with Gasteiger partial charge in [0.1, 0.15) is 70.4 Å². The van der Waals surface area contributed by atoms with E-state index in [0.717, 1.165) is 18.6 Å². The lowest BCUT2D eigenvalue weighted by molar-refractivity contribution is -0.246. The molecule has 9 heterocycles. The molecular weight excluding hydrogens is 1320 g/mol. The molecule has 0 aliphatic carbocycles. The van der Waals surface area contributed by atoms with Gasteiger partial charge in [0.05, 0.1) is 74.0 Å². The molecule has 0 bridgehead atoms. The lowest BCUT2D eigenvalue weighted by Gasteiger charge is -2.26. The molecule has 6 N–H and O–H groups in total. The first-order chi connectivity index (χ1) is 46.6. The van der Waals surface area contributed by atoms with Crippen molar-refractivity contribution in [2.24, 2.45) is 0 Å². The van der Waals surface area contributed by atoms with Gasteiger partial charge in [0.2, 0.25) is 0 Å². The van der Waals surface area contributed by atoms with E-state index in [4.69, 9.17) is 18.7 Å². The van der Waals surface area contributed by atoms with E-state index in [1.807, 2.05) is 0 Å². The second kappa shape index (κ2) is 29.3. The van der Waals surface area contributed by atoms with E-state index in [9.17, 15) is 62.9 Å². The fraction of sp³-hybridized carbons (Fsp3) is 0.226. The Morgan fingerprint density at radius 3 is 1.06 bits per heavy atom. The molecule has 0 aliphatic heterocycles. The van der Waals surface area contributed by atoms with E-state index in [1.54, 1.807) is 97.4 Å². The molecule has 0 spiro atoms. The molecule has 0 saturated heterocycles. The number of nitrogens with one attached hydrogen (secondary N) is 3. The first kappa shape index (κ1) is 69.4. The van der Waals surface area contributed by atoms with Crippen LogP contribution in [0.1, 0.15) is 37.5 Å². The van der Waals surface area contributed by atoms with Gasteiger partial charge in [-0.25, -0.2) is 56.2 Å². The van der Waals surface area contributed by atoms with Crippen molar-refractivity contribution in [1.29, 1.82) is 0 Å². The number of aliphatic hydroxyl groups is 3. The minimum atomic E-state index is -4.94. The molecule has 12 rings (SSSR count). The standard InChI is InChI=1S/C21H17F5N6O2.C21H20F2N6O2.C20H15F5N6O2/c1-20(33,21(24,25)26)11-28-18-14(23)9-27-19(29-18)16-8-17(15-6-7-34-31-15)32(30-16)10-12-4-2-3-5-13(12)22;1-21(2,30)12-25-19-15(23)10-24-20(26-19)17-9-18(16-7-8-31-28-16)29(27-17)11-13-5-3-4-6-14(13)22;21-12-4-2-1-3-11(12)10-31-16(14-5-6-33-30-14)7-15(29-31)19-26-8-13(22)18(28-19)27-9-17(32)20(23,24)25/h2-9,33H,10-11H2,1H3,(H,27,28,29);3-10,30H,11-12H2,1-2H3,(H,24,25,26);1-8,17,32H,9-10H2,(H,26,27,28). The summed E-state index contributed by atoms with van der Waals surface area (Å²) < 4.78 is 180. The van der Waals surface area contributed by atoms with Gasteiger partial charge in [-0.2, -0.15) is 41.6 Å². The van der Waals surface area contributed by atoms with E-state index in [2.05, 4.69) is 76.6 Å². The monoisotopic (exact) mass is 1370 g/mol. The third-order valence-electron chi connectivity index (χ3n) is 13.9. The largest absolute Gasteiger partial charge is 0.418 e. The van der Waals surface area contributed by atoms with Crippen LogP contribution < -0.4 is 16.0 Å². The zero-order valence-corrected chi connectivity index (χ0v) is 51.0. The van der Waals surface area contributed by atoms with Crippen molar-refractivity contribution >= 4 is 17.5 Å². The Balaban J connectivity index is 0.000000159. The maximum Gasteiger partial charge on any atom is 0.418 e. The van der Waals surface area contributed by atoms with E-state index in [0.29, 0.717) is 63.5 Å². The van der Waals surface area contributed by atoms with Crippen LogP contribution in [0.3, 0.4) is 0 Å². The number of hydrogen-bond acceptors (Lipinski definition) is 21. The molecule has 0 saturated carbocycles. The van der Waals surface area contributed by atoms with Crippen LogP contribution >= 0.6 is 0 Å². The van der Waals surface area contributed by atoms with E-state index in [1.165, 1.54) is 58.5 Å². The van der Waals surface area contributed by atoms with Crippen LogP contribution in [-0.4, -0.2) is 139 Å². The van der Waals surface area contributed by atoms with Gasteiger partial charge >= 0.3 is 12.4 Å². The van der Waals surface area contributed by atoms with Crippen molar-refractivity contribution < 1.29 is 81.6 Å². The summed E-state index contributed by atoms with van der Waals surface area (Å²) in [6.07, 6.45) is -5.90. The van der Waals surface area contributed by atoms with Crippen molar-refractivity contribution in [3.05, 3.63) is 198 Å². The molecule has 12 aromatic rings. The predicted molar refractivity (Wildman–Crippen MR) is 323 cm³/mol. The van der Waals surface area contributed by atoms with Crippen molar-refractivity contribution in [2.45, 2.75) is 70.1 Å². The second-order valence-electron chi connectivity index (χ2n) is 22.0. The van der Waals surface area contributed by atoms with Gasteiger partial charge in [0.25, 0.3) is 0 Å². The van der Waals surface area contributed by atoms with Gasteiger partial charge in [-0.15, -0.1) is 0 Å². The predicted octanol–water partition coefficient (Wildman–Crippen LogP) is 11.2. The van der Waals surface area contributed by atoms with Crippen molar-refractivity contribution in [2.75, 3.05) is 35.6 Å². The van der Waals surface area contributed by atoms with Crippen LogP contribution in [0.5, 0.6) is 0 Å². The second-order valence-corrected chi connectivity index (χ2v) is 22.0. The molecule has 0 fully saturated rings. The Morgan fingerprint density at radius 1 is 0.439 bits per heavy atom. The minimum absolute atomic E-state index is 0.00954. The zero-order chi connectivity index (χ0) is 70.1. The molecular formula is C62H52F12N18O6. The molecule has 3 aromatic carbocycles. The van der Waals surface area contributed by atoms with Gasteiger partial charge < -0.3 is 44.8 Å². The van der Waals surface area contributed by atoms with E-state index < -0.39 is 83.5 Å². The summed E-state index contributed by atoms with van der Waals surface area (Å²) in [6, 6.07) is 28.0. The molecule has 2 unspecified atom stereocenters. The van der Waals surface area contributed by atoms with Crippen molar-refractivity contribution in [3.63, 3.8) is 0 Å². The quantitative estimate of drug-likeness (QED) is 0.0364. The molecule has 9 aromatic heterocycles. The summed E-state index contributed by atoms with van der Waals surface area (Å²) in [6.45, 7) is 1.93. The first-order valence-electron chi connectivity index (χ1n) is 28.8. The van der Waals surface area contributed by atoms with Gasteiger partial charge in [0, 0.05) is 41.4 Å². The van der Waals surface area contributed by atoms with E-state index in [-0.39, 0.29) is 66.7 Å². The molecule has 0 aliphatic rings. The smallest absolute Gasteiger partial charge is 0.389 e. The van der Waals surface area contributed by atoms with Gasteiger partial charge in [0.15, 0.2) is 64.1 Å². The number of nitrogens with zero attached hydrogens (tertiary/aromatic N) is 15. The van der Waals surface area contributed by atoms with Gasteiger partial charge in [-0.3, -0.25) is 14.0 Å². The Labute approximate surface area is 544 Å². The molecule has 2 atom stereocenters. The summed E-state index contributed by atoms with van der Waals surface area (Å²) in [5, 5.41) is 60.4. The van der Waals surface area contributed by atoms with Crippen LogP contribution in [0.15, 0.2) is 160 Å². The number of hydrogen-bond donors (Lipinski definition) is 6. The highest BCUT2D eigenvalue weighted by atomic mass is 19.4. The van der Waals surface area contributed by atoms with Gasteiger partial charge in [-0.1, -0.05) is 70.1 Å². The summed E-state index contributed by atoms with van der Waals surface area (Å²) in [5.41, 5.74) is 0.161. The maximum absolute atomic E-state index is 14.2. The number of halogens is 12. The molecule has 36 heteroatoms. The lowest BCUT2D eigenvalue weighted by atomic mass is 10.1. The number of benzene rings is 3. The lowest BCUT2D eigenvalue weighted by Crippen LogP contribution is -2.47. The molecule has 24 nitrogen and oxygen atoms in total. The normalized spacial score (nSPS) is 12.7. The highest BCUT2D eigenvalue weighted by Gasteiger charge is 2.50. The number of aromatic nitrogens is 15. The minimum Gasteiger partial charge on any atom is -0.389 e. The summed E-state index contributed by atoms with van der Waals surface area (Å²) >= 11 is 0. The topological polar surface area (TPSA) is 306 Å². The Kier molecular flexibility index (Phi) is 20.8. The molecule has 0 radical (unpaired) electrons. The molecule has 510 valence electrons. The van der Waals surface area contributed by atoms with Crippen LogP contribution in [0.4, 0.5) is 70.1 Å². The van der Waals surface area contributed by atoms with Crippen LogP contribution in [0, 0.1) is 34.9 Å². The van der Waals surface area contributed by atoms with Crippen LogP contribution in [-0.2, 0) is 19.6 Å². The summed E-state index contributed by atoms with van der Waals surface area (Å²) in [7, 11) is 0. The summed E-state index contributed by atoms with van der Waals surface area (Å²) in [5.74, 6) is -5.19. The fourth-order valence-corrected chi connectivity index (χ4v) is 8.76. The third-order valence-corrected chi connectivity index (χ3v) is 13.9. The van der Waals surface area contributed by atoms with E-state index >= 15 is 0 Å². The zero-order valence-electron chi connectivity index (χ0n) is 51.0. The summed E-state index contributed by atoms with van der Waals surface area (Å²) in [4.78, 5) is 23.7. The third kappa shape index (κ3) is 17.2. The SMILES string of the molecule is CC(C)(O)CNc1nc(-c2cc(-c3ccon3)n(Cc3ccccc3F)n2)ncc1F.CC(O)(CNc1nc(-c2cc(-c3ccon3)n(Cc3ccccc3F)n2)ncc1F)C(F)(F)F.OC(CNc1nc(-c2cc(-c3ccon3)n(Cc3ccccc3F)n2)ncc1F)C(F)(F)F. The number of aliphatic hydroxyl groups excluding tert-OH is 1. The number of rotatable bonds is 21. The number of anilines is 3. The van der Waals surface area contributed by atoms with Crippen molar-refractivity contribution in [3.8, 4) is 68.7 Å². The number of alkyl halides is 6. The average molecular weight is 1370 g/mol.